The number of aromatic nitrogens is 1. The lowest BCUT2D eigenvalue weighted by Crippen LogP contribution is -2.29. The molecular weight excluding hydrogens is 264 g/mol. The predicted octanol–water partition coefficient (Wildman–Crippen LogP) is 2.53. The molecule has 0 radical (unpaired) electrons. The lowest BCUT2D eigenvalue weighted by atomic mass is 10.1. The predicted molar refractivity (Wildman–Crippen MR) is 69.9 cm³/mol. The van der Waals surface area contributed by atoms with E-state index in [1.54, 1.807) is 36.4 Å². The zero-order valence-corrected chi connectivity index (χ0v) is 10.6. The molecule has 2 heterocycles. The van der Waals surface area contributed by atoms with Gasteiger partial charge in [-0.15, -0.1) is 0 Å². The quantitative estimate of drug-likeness (QED) is 0.790. The topological polar surface area (TPSA) is 50.3 Å². The minimum absolute atomic E-state index is 0.156. The number of carbonyl (C=O) groups excluding carboxylic acids is 2. The van der Waals surface area contributed by atoms with E-state index >= 15 is 0 Å². The number of hydrogen-bond acceptors (Lipinski definition) is 3. The molecule has 0 unspecified atom stereocenters. The van der Waals surface area contributed by atoms with Crippen molar-refractivity contribution >= 4 is 23.4 Å². The van der Waals surface area contributed by atoms with Gasteiger partial charge in [0, 0.05) is 6.20 Å². The number of halogens is 1. The Morgan fingerprint density at radius 1 is 1.00 bits per heavy atom. The first-order valence-corrected chi connectivity index (χ1v) is 6.10. The molecule has 2 amide bonds. The third-order valence-electron chi connectivity index (χ3n) is 2.99. The van der Waals surface area contributed by atoms with E-state index in [1.165, 1.54) is 11.1 Å². The molecule has 1 aromatic carbocycles. The largest absolute Gasteiger partial charge is 0.269 e. The molecule has 94 valence electrons. The van der Waals surface area contributed by atoms with Crippen LogP contribution in [-0.4, -0.2) is 21.7 Å². The summed E-state index contributed by atoms with van der Waals surface area (Å²) >= 11 is 5.75. The van der Waals surface area contributed by atoms with Crippen molar-refractivity contribution in [3.05, 3.63) is 64.4 Å². The number of imide groups is 1. The van der Waals surface area contributed by atoms with E-state index in [1.807, 2.05) is 0 Å². The van der Waals surface area contributed by atoms with Crippen LogP contribution in [-0.2, 0) is 6.54 Å². The van der Waals surface area contributed by atoms with Crippen LogP contribution in [0.2, 0.25) is 5.02 Å². The van der Waals surface area contributed by atoms with Gasteiger partial charge in [0.2, 0.25) is 0 Å². The van der Waals surface area contributed by atoms with Gasteiger partial charge in [-0.1, -0.05) is 23.7 Å². The average Bonchev–Trinajstić information content (AvgIpc) is 2.67. The van der Waals surface area contributed by atoms with Gasteiger partial charge in [-0.25, -0.2) is 0 Å². The summed E-state index contributed by atoms with van der Waals surface area (Å²) in [6.07, 6.45) is 1.50. The lowest BCUT2D eigenvalue weighted by Gasteiger charge is -2.12. The van der Waals surface area contributed by atoms with Crippen molar-refractivity contribution in [2.24, 2.45) is 0 Å². The zero-order chi connectivity index (χ0) is 13.4. The van der Waals surface area contributed by atoms with Gasteiger partial charge in [-0.2, -0.15) is 0 Å². The fourth-order valence-corrected chi connectivity index (χ4v) is 2.16. The number of hydrogen-bond donors (Lipinski definition) is 0. The summed E-state index contributed by atoms with van der Waals surface area (Å²) in [5.74, 6) is -0.560. The van der Waals surface area contributed by atoms with Crippen LogP contribution in [0.1, 0.15) is 26.4 Å². The van der Waals surface area contributed by atoms with Crippen LogP contribution in [0.25, 0.3) is 0 Å². The van der Waals surface area contributed by atoms with Crippen molar-refractivity contribution < 1.29 is 9.59 Å². The molecule has 5 heteroatoms. The van der Waals surface area contributed by atoms with E-state index in [4.69, 9.17) is 11.6 Å². The fourth-order valence-electron chi connectivity index (χ4n) is 2.04. The molecule has 0 spiro atoms. The highest BCUT2D eigenvalue weighted by Crippen LogP contribution is 2.23. The van der Waals surface area contributed by atoms with Crippen molar-refractivity contribution in [3.63, 3.8) is 0 Å². The maximum Gasteiger partial charge on any atom is 0.261 e. The van der Waals surface area contributed by atoms with Crippen LogP contribution in [0.15, 0.2) is 42.6 Å². The maximum absolute atomic E-state index is 12.1. The Kier molecular flexibility index (Phi) is 2.80. The number of amides is 2. The molecule has 0 bridgehead atoms. The van der Waals surface area contributed by atoms with E-state index < -0.39 is 0 Å². The van der Waals surface area contributed by atoms with Gasteiger partial charge in [-0.3, -0.25) is 19.5 Å². The van der Waals surface area contributed by atoms with Gasteiger partial charge in [-0.05, 0) is 24.3 Å². The number of carbonyl (C=O) groups is 2. The molecule has 1 aliphatic rings. The summed E-state index contributed by atoms with van der Waals surface area (Å²) in [5.41, 5.74) is 1.52. The molecule has 2 aromatic rings. The highest BCUT2D eigenvalue weighted by molar-refractivity contribution is 6.30. The minimum atomic E-state index is -0.280. The molecule has 19 heavy (non-hydrogen) atoms. The first-order valence-electron chi connectivity index (χ1n) is 5.72. The molecule has 0 saturated heterocycles. The van der Waals surface area contributed by atoms with Crippen LogP contribution in [0.4, 0.5) is 0 Å². The second kappa shape index (κ2) is 4.48. The SMILES string of the molecule is O=C1c2ccccc2C(=O)N1Cc1ccc(Cl)cn1. The molecule has 0 N–H and O–H groups in total. The Labute approximate surface area is 114 Å². The van der Waals surface area contributed by atoms with Gasteiger partial charge >= 0.3 is 0 Å². The Bertz CT molecular complexity index is 632. The van der Waals surface area contributed by atoms with Crippen molar-refractivity contribution in [2.45, 2.75) is 6.54 Å². The Morgan fingerprint density at radius 3 is 2.16 bits per heavy atom. The second-order valence-electron chi connectivity index (χ2n) is 4.21. The van der Waals surface area contributed by atoms with Gasteiger partial charge in [0.15, 0.2) is 0 Å². The highest BCUT2D eigenvalue weighted by atomic mass is 35.5. The van der Waals surface area contributed by atoms with Crippen LogP contribution in [0.3, 0.4) is 0 Å². The van der Waals surface area contributed by atoms with Gasteiger partial charge in [0.05, 0.1) is 28.4 Å². The molecular formula is C14H9ClN2O2. The Hall–Kier alpha value is -2.20. The van der Waals surface area contributed by atoms with Crippen LogP contribution >= 0.6 is 11.6 Å². The minimum Gasteiger partial charge on any atom is -0.269 e. The average molecular weight is 273 g/mol. The molecule has 3 rings (SSSR count). The second-order valence-corrected chi connectivity index (χ2v) is 4.65. The third kappa shape index (κ3) is 2.00. The van der Waals surface area contributed by atoms with Gasteiger partial charge in [0.25, 0.3) is 11.8 Å². The molecule has 0 fully saturated rings. The fraction of sp³-hybridized carbons (Fsp3) is 0.0714. The summed E-state index contributed by atoms with van der Waals surface area (Å²) in [6, 6.07) is 10.2. The standard InChI is InChI=1S/C14H9ClN2O2/c15-9-5-6-10(16-7-9)8-17-13(18)11-3-1-2-4-12(11)14(17)19/h1-7H,8H2. The number of benzene rings is 1. The Morgan fingerprint density at radius 2 is 1.63 bits per heavy atom. The summed E-state index contributed by atoms with van der Waals surface area (Å²) < 4.78 is 0. The number of nitrogens with zero attached hydrogens (tertiary/aromatic N) is 2. The monoisotopic (exact) mass is 272 g/mol. The molecule has 4 nitrogen and oxygen atoms in total. The maximum atomic E-state index is 12.1. The summed E-state index contributed by atoms with van der Waals surface area (Å²) in [5, 5.41) is 0.520. The van der Waals surface area contributed by atoms with Crippen molar-refractivity contribution in [2.75, 3.05) is 0 Å². The zero-order valence-electron chi connectivity index (χ0n) is 9.84. The van der Waals surface area contributed by atoms with Gasteiger partial charge < -0.3 is 0 Å². The lowest BCUT2D eigenvalue weighted by molar-refractivity contribution is 0.0640. The van der Waals surface area contributed by atoms with E-state index in [-0.39, 0.29) is 18.4 Å². The third-order valence-corrected chi connectivity index (χ3v) is 3.21. The van der Waals surface area contributed by atoms with Gasteiger partial charge in [0.1, 0.15) is 0 Å². The molecule has 0 atom stereocenters. The number of pyridine rings is 1. The van der Waals surface area contributed by atoms with E-state index in [0.29, 0.717) is 21.8 Å². The highest BCUT2D eigenvalue weighted by Gasteiger charge is 2.35. The normalized spacial score (nSPS) is 13.8. The first-order chi connectivity index (χ1) is 9.16. The van der Waals surface area contributed by atoms with Crippen LogP contribution in [0.5, 0.6) is 0 Å². The molecule has 1 aliphatic heterocycles. The Balaban J connectivity index is 1.90. The first kappa shape index (κ1) is 11.9. The van der Waals surface area contributed by atoms with E-state index in [9.17, 15) is 9.59 Å². The van der Waals surface area contributed by atoms with E-state index in [0.717, 1.165) is 0 Å². The number of rotatable bonds is 2. The van der Waals surface area contributed by atoms with Crippen LogP contribution < -0.4 is 0 Å². The number of fused-ring (bicyclic) bond motifs is 1. The summed E-state index contributed by atoms with van der Waals surface area (Å²) in [6.45, 7) is 0.156. The molecule has 1 aromatic heterocycles. The van der Waals surface area contributed by atoms with Crippen LogP contribution in [0, 0.1) is 0 Å². The van der Waals surface area contributed by atoms with E-state index in [2.05, 4.69) is 4.98 Å². The summed E-state index contributed by atoms with van der Waals surface area (Å²) in [7, 11) is 0. The summed E-state index contributed by atoms with van der Waals surface area (Å²) in [4.78, 5) is 29.6. The van der Waals surface area contributed by atoms with Crippen molar-refractivity contribution in [3.8, 4) is 0 Å². The smallest absolute Gasteiger partial charge is 0.261 e. The molecule has 0 saturated carbocycles. The van der Waals surface area contributed by atoms with Crippen molar-refractivity contribution in [1.82, 2.24) is 9.88 Å². The van der Waals surface area contributed by atoms with Crippen molar-refractivity contribution in [1.29, 1.82) is 0 Å². The molecule has 0 aliphatic carbocycles.